The van der Waals surface area contributed by atoms with Gasteiger partial charge in [0.25, 0.3) is 5.91 Å². The van der Waals surface area contributed by atoms with Gasteiger partial charge in [0.15, 0.2) is 11.6 Å². The van der Waals surface area contributed by atoms with E-state index in [-0.39, 0.29) is 12.5 Å². The summed E-state index contributed by atoms with van der Waals surface area (Å²) in [5.74, 6) is 0.843. The number of aliphatic hydroxyl groups excluding tert-OH is 1. The number of halogens is 1. The Hall–Kier alpha value is -3.42. The minimum Gasteiger partial charge on any atom is -0.494 e. The van der Waals surface area contributed by atoms with Crippen molar-refractivity contribution in [2.45, 2.75) is 38.0 Å². The number of aliphatic hydroxyl groups is 1. The Labute approximate surface area is 226 Å². The Bertz CT molecular complexity index is 1270. The van der Waals surface area contributed by atoms with Crippen molar-refractivity contribution in [1.29, 1.82) is 0 Å². The highest BCUT2D eigenvalue weighted by Gasteiger charge is 2.52. The number of nitrogens with zero attached hydrogens (tertiary/aromatic N) is 1. The van der Waals surface area contributed by atoms with Crippen LogP contribution in [0.4, 0.5) is 0 Å². The number of ether oxygens (including phenoxy) is 2. The van der Waals surface area contributed by atoms with Gasteiger partial charge in [0, 0.05) is 41.6 Å². The second-order valence-electron chi connectivity index (χ2n) is 8.98. The quantitative estimate of drug-likeness (QED) is 0.233. The summed E-state index contributed by atoms with van der Waals surface area (Å²) in [5.41, 5.74) is 2.48. The number of hydrogen-bond acceptors (Lipinski definition) is 5. The van der Waals surface area contributed by atoms with Crippen LogP contribution in [-0.2, 0) is 16.1 Å². The lowest BCUT2D eigenvalue weighted by Crippen LogP contribution is -2.47. The lowest BCUT2D eigenvalue weighted by molar-refractivity contribution is -0.129. The monoisotopic (exact) mass is 562 g/mol. The maximum atomic E-state index is 13.9. The molecule has 0 radical (unpaired) electrons. The summed E-state index contributed by atoms with van der Waals surface area (Å²) in [6, 6.07) is 23.1. The molecule has 2 atom stereocenters. The van der Waals surface area contributed by atoms with Crippen LogP contribution in [0.25, 0.3) is 0 Å². The third-order valence-electron chi connectivity index (χ3n) is 6.21. The van der Waals surface area contributed by atoms with Gasteiger partial charge in [-0.05, 0) is 42.8 Å². The molecule has 0 bridgehead atoms. The number of hydrogen-bond donors (Lipinski definition) is 2. The minimum absolute atomic E-state index is 0.0799. The summed E-state index contributed by atoms with van der Waals surface area (Å²) >= 11 is 3.63. The molecule has 6 nitrogen and oxygen atoms in total. The molecule has 0 aromatic heterocycles. The van der Waals surface area contributed by atoms with E-state index in [0.717, 1.165) is 26.7 Å². The lowest BCUT2D eigenvalue weighted by Gasteiger charge is -2.30. The number of aryl methyl sites for hydroxylation is 1. The molecule has 0 saturated carbocycles. The third-order valence-corrected chi connectivity index (χ3v) is 6.93. The van der Waals surface area contributed by atoms with Gasteiger partial charge in [-0.1, -0.05) is 70.0 Å². The molecule has 1 amide bonds. The van der Waals surface area contributed by atoms with Crippen molar-refractivity contribution >= 4 is 27.7 Å². The smallest absolute Gasteiger partial charge is 0.252 e. The molecule has 2 N–H and O–H groups in total. The zero-order valence-electron chi connectivity index (χ0n) is 20.8. The summed E-state index contributed by atoms with van der Waals surface area (Å²) in [4.78, 5) is 18.8. The number of benzene rings is 3. The first-order valence-corrected chi connectivity index (χ1v) is 13.1. The molecule has 1 aliphatic heterocycles. The van der Waals surface area contributed by atoms with Crippen molar-refractivity contribution in [3.8, 4) is 5.75 Å². The Morgan fingerprint density at radius 3 is 2.68 bits per heavy atom. The Balaban J connectivity index is 1.68. The van der Waals surface area contributed by atoms with E-state index in [4.69, 9.17) is 19.6 Å². The second kappa shape index (κ2) is 12.2. The molecule has 3 aromatic rings. The summed E-state index contributed by atoms with van der Waals surface area (Å²) < 4.78 is 12.9. The number of aliphatic imine (C=N–C) groups is 1. The molecule has 0 spiro atoms. The van der Waals surface area contributed by atoms with Crippen LogP contribution in [0.3, 0.4) is 0 Å². The van der Waals surface area contributed by atoms with Crippen LogP contribution < -0.4 is 10.1 Å². The molecule has 0 aliphatic carbocycles. The molecule has 7 heteroatoms. The van der Waals surface area contributed by atoms with E-state index in [1.54, 1.807) is 6.08 Å². The van der Waals surface area contributed by atoms with Crippen LogP contribution in [0.5, 0.6) is 5.75 Å². The average Bonchev–Trinajstić information content (AvgIpc) is 3.28. The van der Waals surface area contributed by atoms with Gasteiger partial charge < -0.3 is 19.9 Å². The predicted octanol–water partition coefficient (Wildman–Crippen LogP) is 5.67. The van der Waals surface area contributed by atoms with Gasteiger partial charge in [0.1, 0.15) is 5.75 Å². The SMILES string of the molecule is C=CC[C@@]1(C(=O)NCc2cccc(C)c2)N=C(c2ccc(OCCCO)cc2)O[C@@H]1c1ccccc1Br. The molecule has 3 aromatic carbocycles. The molecule has 4 rings (SSSR count). The molecule has 0 unspecified atom stereocenters. The van der Waals surface area contributed by atoms with Crippen LogP contribution in [0, 0.1) is 6.92 Å². The highest BCUT2D eigenvalue weighted by molar-refractivity contribution is 9.10. The minimum atomic E-state index is -1.24. The number of carbonyl (C=O) groups excluding carboxylic acids is 1. The summed E-state index contributed by atoms with van der Waals surface area (Å²) in [6.45, 7) is 6.84. The predicted molar refractivity (Wildman–Crippen MR) is 149 cm³/mol. The summed E-state index contributed by atoms with van der Waals surface area (Å²) in [6.07, 6.45) is 1.91. The normalized spacial score (nSPS) is 18.6. The second-order valence-corrected chi connectivity index (χ2v) is 9.83. The molecular formula is C30H31BrN2O4. The number of carbonyl (C=O) groups is 1. The van der Waals surface area contributed by atoms with Crippen LogP contribution in [0.1, 0.15) is 41.2 Å². The molecule has 0 fully saturated rings. The zero-order chi connectivity index (χ0) is 26.3. The van der Waals surface area contributed by atoms with E-state index in [1.807, 2.05) is 73.7 Å². The summed E-state index contributed by atoms with van der Waals surface area (Å²) in [7, 11) is 0. The van der Waals surface area contributed by atoms with Crippen LogP contribution in [-0.4, -0.2) is 35.7 Å². The van der Waals surface area contributed by atoms with Gasteiger partial charge in [0.2, 0.25) is 5.90 Å². The fourth-order valence-electron chi connectivity index (χ4n) is 4.36. The standard InChI is InChI=1S/C30H31BrN2O4/c1-3-16-30(29(35)32-20-22-9-6-8-21(2)19-22)27(25-10-4-5-11-26(25)31)37-28(33-30)23-12-14-24(15-13-23)36-18-7-17-34/h3-6,8-15,19,27,34H,1,7,16-18,20H2,2H3,(H,32,35)/t27-,30-/m1/s1. The van der Waals surface area contributed by atoms with E-state index < -0.39 is 11.6 Å². The lowest BCUT2D eigenvalue weighted by atomic mass is 9.84. The van der Waals surface area contributed by atoms with Crippen molar-refractivity contribution in [1.82, 2.24) is 5.32 Å². The van der Waals surface area contributed by atoms with Gasteiger partial charge in [-0.2, -0.15) is 0 Å². The van der Waals surface area contributed by atoms with E-state index >= 15 is 0 Å². The molecule has 1 aliphatic rings. The van der Waals surface area contributed by atoms with Gasteiger partial charge in [0.05, 0.1) is 6.61 Å². The Morgan fingerprint density at radius 2 is 1.97 bits per heavy atom. The van der Waals surface area contributed by atoms with Crippen molar-refractivity contribution < 1.29 is 19.4 Å². The fourth-order valence-corrected chi connectivity index (χ4v) is 4.85. The van der Waals surface area contributed by atoms with Gasteiger partial charge in [-0.15, -0.1) is 6.58 Å². The van der Waals surface area contributed by atoms with Crippen molar-refractivity contribution in [3.63, 3.8) is 0 Å². The van der Waals surface area contributed by atoms with Gasteiger partial charge in [-0.3, -0.25) is 4.79 Å². The zero-order valence-corrected chi connectivity index (χ0v) is 22.4. The number of nitrogens with one attached hydrogen (secondary N) is 1. The first kappa shape index (κ1) is 26.6. The van der Waals surface area contributed by atoms with Crippen molar-refractivity contribution in [2.75, 3.05) is 13.2 Å². The van der Waals surface area contributed by atoms with Gasteiger partial charge >= 0.3 is 0 Å². The maximum Gasteiger partial charge on any atom is 0.252 e. The average molecular weight is 563 g/mol. The Morgan fingerprint density at radius 1 is 1.19 bits per heavy atom. The third kappa shape index (κ3) is 6.12. The number of rotatable bonds is 11. The van der Waals surface area contributed by atoms with E-state index in [2.05, 4.69) is 33.9 Å². The largest absolute Gasteiger partial charge is 0.494 e. The molecular weight excluding hydrogens is 532 g/mol. The number of amides is 1. The maximum absolute atomic E-state index is 13.9. The molecule has 37 heavy (non-hydrogen) atoms. The van der Waals surface area contributed by atoms with Crippen LogP contribution in [0.15, 0.2) is 94.9 Å². The van der Waals surface area contributed by atoms with Crippen LogP contribution in [0.2, 0.25) is 0 Å². The first-order chi connectivity index (χ1) is 18.0. The molecule has 1 heterocycles. The van der Waals surface area contributed by atoms with Crippen molar-refractivity contribution in [2.24, 2.45) is 4.99 Å². The first-order valence-electron chi connectivity index (χ1n) is 12.3. The van der Waals surface area contributed by atoms with E-state index in [1.165, 1.54) is 0 Å². The van der Waals surface area contributed by atoms with Gasteiger partial charge in [-0.25, -0.2) is 4.99 Å². The Kier molecular flexibility index (Phi) is 8.79. The van der Waals surface area contributed by atoms with E-state index in [9.17, 15) is 4.79 Å². The fraction of sp³-hybridized carbons (Fsp3) is 0.267. The topological polar surface area (TPSA) is 80.2 Å². The highest BCUT2D eigenvalue weighted by atomic mass is 79.9. The molecule has 192 valence electrons. The van der Waals surface area contributed by atoms with Crippen molar-refractivity contribution in [3.05, 3.63) is 112 Å². The highest BCUT2D eigenvalue weighted by Crippen LogP contribution is 2.44. The summed E-state index contributed by atoms with van der Waals surface area (Å²) in [5, 5.41) is 12.1. The molecule has 0 saturated heterocycles. The van der Waals surface area contributed by atoms with E-state index in [0.29, 0.717) is 37.6 Å². The van der Waals surface area contributed by atoms with Crippen LogP contribution >= 0.6 is 15.9 Å².